The zero-order chi connectivity index (χ0) is 19.4. The number of nitro benzene ring substituents is 2. The van der Waals surface area contributed by atoms with Gasteiger partial charge in [-0.25, -0.2) is 4.79 Å². The van der Waals surface area contributed by atoms with Crippen molar-refractivity contribution in [2.75, 3.05) is 12.4 Å². The van der Waals surface area contributed by atoms with Gasteiger partial charge in [0.15, 0.2) is 0 Å². The van der Waals surface area contributed by atoms with E-state index in [9.17, 15) is 34.9 Å². The lowest BCUT2D eigenvalue weighted by Gasteiger charge is -2.09. The number of nitrogens with one attached hydrogen (secondary N) is 1. The van der Waals surface area contributed by atoms with Crippen molar-refractivity contribution in [1.82, 2.24) is 0 Å². The second-order valence-corrected chi connectivity index (χ2v) is 4.89. The molecule has 0 bridgehead atoms. The number of benzene rings is 2. The predicted octanol–water partition coefficient (Wildman–Crippen LogP) is 2.46. The molecular weight excluding hydrogens is 350 g/mol. The van der Waals surface area contributed by atoms with Gasteiger partial charge < -0.3 is 15.2 Å². The number of hydrogen-bond acceptors (Lipinski definition) is 7. The zero-order valence-electron chi connectivity index (χ0n) is 13.2. The normalized spacial score (nSPS) is 10.0. The average molecular weight is 361 g/mol. The maximum absolute atomic E-state index is 12.4. The predicted molar refractivity (Wildman–Crippen MR) is 87.7 cm³/mol. The topological polar surface area (TPSA) is 162 Å². The van der Waals surface area contributed by atoms with Crippen LogP contribution >= 0.6 is 0 Å². The molecule has 11 heteroatoms. The minimum Gasteiger partial charge on any atom is -0.496 e. The summed E-state index contributed by atoms with van der Waals surface area (Å²) in [5, 5.41) is 33.3. The molecule has 2 rings (SSSR count). The molecule has 0 aliphatic carbocycles. The van der Waals surface area contributed by atoms with Gasteiger partial charge in [0.25, 0.3) is 17.3 Å². The summed E-state index contributed by atoms with van der Waals surface area (Å²) in [7, 11) is 1.31. The third-order valence-electron chi connectivity index (χ3n) is 3.34. The van der Waals surface area contributed by atoms with Gasteiger partial charge in [0, 0.05) is 12.1 Å². The fourth-order valence-electron chi connectivity index (χ4n) is 2.11. The van der Waals surface area contributed by atoms with Crippen LogP contribution in [-0.4, -0.2) is 33.9 Å². The van der Waals surface area contributed by atoms with Gasteiger partial charge in [-0.1, -0.05) is 0 Å². The van der Waals surface area contributed by atoms with Gasteiger partial charge in [-0.3, -0.25) is 25.0 Å². The molecule has 2 aromatic carbocycles. The lowest BCUT2D eigenvalue weighted by Crippen LogP contribution is -2.17. The van der Waals surface area contributed by atoms with Crippen molar-refractivity contribution in [3.05, 3.63) is 67.8 Å². The number of anilines is 1. The van der Waals surface area contributed by atoms with Gasteiger partial charge in [-0.05, 0) is 18.2 Å². The van der Waals surface area contributed by atoms with Gasteiger partial charge in [-0.2, -0.15) is 0 Å². The Balaban J connectivity index is 2.44. The van der Waals surface area contributed by atoms with Crippen molar-refractivity contribution < 1.29 is 29.3 Å². The molecule has 2 N–H and O–H groups in total. The molecule has 2 aromatic rings. The Hall–Kier alpha value is -4.02. The fraction of sp³-hybridized carbons (Fsp3) is 0.0667. The van der Waals surface area contributed by atoms with E-state index in [-0.39, 0.29) is 17.0 Å². The average Bonchev–Trinajstić information content (AvgIpc) is 2.61. The maximum Gasteiger partial charge on any atom is 0.336 e. The van der Waals surface area contributed by atoms with Crippen molar-refractivity contribution >= 4 is 28.9 Å². The molecule has 0 heterocycles. The minimum absolute atomic E-state index is 0.185. The van der Waals surface area contributed by atoms with Crippen LogP contribution in [0.2, 0.25) is 0 Å². The first-order valence-electron chi connectivity index (χ1n) is 6.90. The number of ether oxygens (including phenoxy) is 1. The number of carbonyl (C=O) groups is 2. The molecule has 0 aliphatic rings. The third-order valence-corrected chi connectivity index (χ3v) is 3.34. The lowest BCUT2D eigenvalue weighted by molar-refractivity contribution is -0.384. The molecule has 0 aromatic heterocycles. The molecule has 0 atom stereocenters. The van der Waals surface area contributed by atoms with E-state index >= 15 is 0 Å². The molecule has 0 unspecified atom stereocenters. The Kier molecular flexibility index (Phi) is 5.11. The summed E-state index contributed by atoms with van der Waals surface area (Å²) in [5.74, 6) is -2.33. The second kappa shape index (κ2) is 7.25. The molecule has 0 radical (unpaired) electrons. The first kappa shape index (κ1) is 18.3. The van der Waals surface area contributed by atoms with E-state index in [1.165, 1.54) is 19.2 Å². The van der Waals surface area contributed by atoms with Crippen molar-refractivity contribution in [3.63, 3.8) is 0 Å². The number of rotatable bonds is 6. The molecule has 26 heavy (non-hydrogen) atoms. The van der Waals surface area contributed by atoms with Gasteiger partial charge in [0.1, 0.15) is 11.4 Å². The van der Waals surface area contributed by atoms with E-state index in [1.807, 2.05) is 0 Å². The monoisotopic (exact) mass is 361 g/mol. The number of amides is 1. The number of non-ortho nitro benzene ring substituents is 1. The smallest absolute Gasteiger partial charge is 0.336 e. The van der Waals surface area contributed by atoms with Gasteiger partial charge in [0.05, 0.1) is 34.1 Å². The molecule has 11 nitrogen and oxygen atoms in total. The molecule has 0 aliphatic heterocycles. The van der Waals surface area contributed by atoms with E-state index in [0.717, 1.165) is 24.3 Å². The van der Waals surface area contributed by atoms with E-state index in [4.69, 9.17) is 4.74 Å². The fourth-order valence-corrected chi connectivity index (χ4v) is 2.11. The molecular formula is C15H11N3O8. The number of carbonyl (C=O) groups excluding carboxylic acids is 1. The van der Waals surface area contributed by atoms with Crippen LogP contribution in [0.1, 0.15) is 20.7 Å². The number of aromatic carboxylic acids is 1. The Bertz CT molecular complexity index is 925. The molecule has 134 valence electrons. The van der Waals surface area contributed by atoms with Crippen LogP contribution < -0.4 is 10.1 Å². The molecule has 0 saturated heterocycles. The maximum atomic E-state index is 12.4. The van der Waals surface area contributed by atoms with E-state index in [1.54, 1.807) is 0 Å². The number of methoxy groups -OCH3 is 1. The van der Waals surface area contributed by atoms with Crippen LogP contribution in [0.25, 0.3) is 0 Å². The van der Waals surface area contributed by atoms with Gasteiger partial charge >= 0.3 is 5.97 Å². The van der Waals surface area contributed by atoms with Gasteiger partial charge in [0.2, 0.25) is 0 Å². The van der Waals surface area contributed by atoms with Gasteiger partial charge in [-0.15, -0.1) is 0 Å². The highest BCUT2D eigenvalue weighted by atomic mass is 16.6. The van der Waals surface area contributed by atoms with Crippen LogP contribution in [-0.2, 0) is 0 Å². The molecule has 0 spiro atoms. The largest absolute Gasteiger partial charge is 0.496 e. The zero-order valence-corrected chi connectivity index (χ0v) is 13.2. The third kappa shape index (κ3) is 3.72. The summed E-state index contributed by atoms with van der Waals surface area (Å²) in [6.07, 6.45) is 0. The summed E-state index contributed by atoms with van der Waals surface area (Å²) in [4.78, 5) is 44.0. The first-order chi connectivity index (χ1) is 12.2. The number of nitro groups is 2. The SMILES string of the molecule is COc1ccc(NC(=O)c2ccc([N+](=O)[O-])cc2C(=O)O)c([N+](=O)[O-])c1. The standard InChI is InChI=1S/C15H11N3O8/c1-26-9-3-5-12(13(7-9)18(24)25)16-14(19)10-4-2-8(17(22)23)6-11(10)15(20)21/h2-7H,1H3,(H,16,19)(H,20,21). The summed E-state index contributed by atoms with van der Waals surface area (Å²) in [6.45, 7) is 0. The van der Waals surface area contributed by atoms with Crippen molar-refractivity contribution in [2.24, 2.45) is 0 Å². The Morgan fingerprint density at radius 1 is 1.04 bits per heavy atom. The lowest BCUT2D eigenvalue weighted by atomic mass is 10.1. The molecule has 0 saturated carbocycles. The second-order valence-electron chi connectivity index (χ2n) is 4.89. The van der Waals surface area contributed by atoms with E-state index < -0.39 is 38.7 Å². The van der Waals surface area contributed by atoms with E-state index in [2.05, 4.69) is 5.32 Å². The summed E-state index contributed by atoms with van der Waals surface area (Å²) in [6, 6.07) is 6.34. The molecule has 1 amide bonds. The summed E-state index contributed by atoms with van der Waals surface area (Å²) >= 11 is 0. The highest BCUT2D eigenvalue weighted by Crippen LogP contribution is 2.30. The van der Waals surface area contributed by atoms with Crippen LogP contribution in [0.15, 0.2) is 36.4 Å². The molecule has 0 fully saturated rings. The Morgan fingerprint density at radius 3 is 2.27 bits per heavy atom. The number of carboxylic acid groups (broad SMARTS) is 1. The highest BCUT2D eigenvalue weighted by molar-refractivity contribution is 6.11. The number of hydrogen-bond donors (Lipinski definition) is 2. The number of carboxylic acids is 1. The van der Waals surface area contributed by atoms with Crippen LogP contribution in [0.3, 0.4) is 0 Å². The minimum atomic E-state index is -1.55. The Labute approximate surface area is 145 Å². The van der Waals surface area contributed by atoms with Crippen molar-refractivity contribution in [1.29, 1.82) is 0 Å². The van der Waals surface area contributed by atoms with E-state index in [0.29, 0.717) is 0 Å². The highest BCUT2D eigenvalue weighted by Gasteiger charge is 2.23. The number of nitrogens with zero attached hydrogens (tertiary/aromatic N) is 2. The van der Waals surface area contributed by atoms with Crippen LogP contribution in [0.4, 0.5) is 17.1 Å². The Morgan fingerprint density at radius 2 is 1.73 bits per heavy atom. The quantitative estimate of drug-likeness (QED) is 0.585. The summed E-state index contributed by atoms with van der Waals surface area (Å²) in [5.41, 5.74) is -2.14. The van der Waals surface area contributed by atoms with Crippen molar-refractivity contribution in [3.8, 4) is 5.75 Å². The first-order valence-corrected chi connectivity index (χ1v) is 6.90. The summed E-state index contributed by atoms with van der Waals surface area (Å²) < 4.78 is 4.88. The van der Waals surface area contributed by atoms with Crippen LogP contribution in [0, 0.1) is 20.2 Å². The van der Waals surface area contributed by atoms with Crippen molar-refractivity contribution in [2.45, 2.75) is 0 Å². The van der Waals surface area contributed by atoms with Crippen LogP contribution in [0.5, 0.6) is 5.75 Å².